The SMILES string of the molecule is CC1(C)c2ccccc2-c2nc(-c3ccc(-c4cccnc4)cc3)nc(-c3ccc(-n4c5ccccc5c5ccccc54)cc3)c21.CC1(C)c2ccccc2-c2nc(-c3ccc(-c4ccncc4)cc3)nc(-c3ccc(-n4c5ccccc5c5ccccc54)cc3)c21.CC1(C)c2ccccc2-c2nc(-c3cccc(-c4ccccn4)c3)nc(-c3ccc(-n4c5ccccc5c5ccccc54)cc3)c21. The summed E-state index contributed by atoms with van der Waals surface area (Å²) >= 11 is 0. The first-order valence-electron chi connectivity index (χ1n) is 47.1. The molecule has 0 spiro atoms. The first kappa shape index (κ1) is 82.3. The molecule has 0 aliphatic heterocycles. The van der Waals surface area contributed by atoms with E-state index in [1.807, 2.05) is 61.2 Å². The van der Waals surface area contributed by atoms with Crippen LogP contribution in [0.25, 0.3) is 218 Å². The van der Waals surface area contributed by atoms with Crippen molar-refractivity contribution in [2.45, 2.75) is 57.8 Å². The number of para-hydroxylation sites is 6. The highest BCUT2D eigenvalue weighted by molar-refractivity contribution is 6.12. The molecule has 12 heteroatoms. The van der Waals surface area contributed by atoms with Crippen molar-refractivity contribution in [3.05, 3.63) is 471 Å². The number of rotatable bonds is 12. The first-order valence-corrected chi connectivity index (χ1v) is 47.1. The highest BCUT2D eigenvalue weighted by atomic mass is 15.0. The summed E-state index contributed by atoms with van der Waals surface area (Å²) in [5.74, 6) is 2.17. The lowest BCUT2D eigenvalue weighted by Crippen LogP contribution is -2.17. The molecule has 138 heavy (non-hydrogen) atoms. The van der Waals surface area contributed by atoms with Gasteiger partial charge < -0.3 is 13.7 Å². The van der Waals surface area contributed by atoms with Gasteiger partial charge in [-0.05, 0) is 148 Å². The number of hydrogen-bond acceptors (Lipinski definition) is 9. The highest BCUT2D eigenvalue weighted by Crippen LogP contribution is 2.56. The molecule has 0 amide bonds. The van der Waals surface area contributed by atoms with E-state index in [0.717, 1.165) is 130 Å². The standard InChI is InChI=1S/3C42H30N4/c1-42(2)34-17-6-3-16-33(34)40-38(42)39(44-41(45-40)29-13-11-12-28(26-29)35-18-9-10-25-43-35)27-21-23-30(24-22-27)46-36-19-7-4-14-31(36)32-15-5-8-20-37(32)46;1-42(2)35-14-6-3-13-34(35)40-38(42)39(44-41(45-40)29-19-17-27(18-20-29)30-10-9-25-43-26-30)28-21-23-31(24-22-28)46-36-15-7-4-11-32(36)33-12-5-8-16-37(33)46;1-42(2)35-12-6-3-11-34(35)40-38(42)39(44-41(45-40)30-17-15-27(16-18-30)28-23-25-43-26-24-28)29-19-21-31(22-20-29)46-36-13-7-4-9-32(36)33-10-5-8-14-37(33)46/h3*3-26H,1-2H3. The van der Waals surface area contributed by atoms with Crippen LogP contribution in [0, 0.1) is 0 Å². The maximum absolute atomic E-state index is 5.35. The largest absolute Gasteiger partial charge is 0.309 e. The van der Waals surface area contributed by atoms with E-state index >= 15 is 0 Å². The summed E-state index contributed by atoms with van der Waals surface area (Å²) < 4.78 is 7.06. The third kappa shape index (κ3) is 13.7. The molecule has 15 aromatic carbocycles. The number of benzene rings is 15. The second-order valence-corrected chi connectivity index (χ2v) is 37.5. The van der Waals surface area contributed by atoms with Gasteiger partial charge in [0.25, 0.3) is 0 Å². The Morgan fingerprint density at radius 1 is 0.196 bits per heavy atom. The fourth-order valence-corrected chi connectivity index (χ4v) is 21.8. The van der Waals surface area contributed by atoms with Gasteiger partial charge in [-0.15, -0.1) is 0 Å². The molecule has 0 saturated carbocycles. The predicted octanol–water partition coefficient (Wildman–Crippen LogP) is 30.8. The molecule has 27 rings (SSSR count). The third-order valence-corrected chi connectivity index (χ3v) is 28.5. The van der Waals surface area contributed by atoms with Crippen LogP contribution >= 0.6 is 0 Å². The van der Waals surface area contributed by atoms with Crippen molar-refractivity contribution in [1.29, 1.82) is 0 Å². The zero-order valence-electron chi connectivity index (χ0n) is 76.9. The number of hydrogen-bond donors (Lipinski definition) is 0. The molecule has 0 saturated heterocycles. The molecule has 0 N–H and O–H groups in total. The van der Waals surface area contributed by atoms with Crippen molar-refractivity contribution in [1.82, 2.24) is 58.6 Å². The smallest absolute Gasteiger partial charge is 0.160 e. The molecule has 0 atom stereocenters. The zero-order valence-corrected chi connectivity index (χ0v) is 76.9. The van der Waals surface area contributed by atoms with E-state index in [1.165, 1.54) is 115 Å². The van der Waals surface area contributed by atoms with Gasteiger partial charge in [0.2, 0.25) is 0 Å². The van der Waals surface area contributed by atoms with Crippen LogP contribution in [0.3, 0.4) is 0 Å². The zero-order chi connectivity index (χ0) is 92.5. The van der Waals surface area contributed by atoms with Gasteiger partial charge in [-0.3, -0.25) is 15.0 Å². The number of aromatic nitrogens is 12. The Labute approximate surface area is 799 Å². The Bertz CT molecular complexity index is 8420. The van der Waals surface area contributed by atoms with Gasteiger partial charge in [0.1, 0.15) is 0 Å². The molecule has 9 heterocycles. The second-order valence-electron chi connectivity index (χ2n) is 37.5. The van der Waals surface area contributed by atoms with Crippen molar-refractivity contribution in [2.75, 3.05) is 0 Å². The van der Waals surface area contributed by atoms with Gasteiger partial charge in [0, 0.05) is 169 Å². The van der Waals surface area contributed by atoms with E-state index in [0.29, 0.717) is 5.82 Å². The van der Waals surface area contributed by atoms with Crippen LogP contribution in [-0.4, -0.2) is 58.6 Å². The Hall–Kier alpha value is -17.6. The molecule has 0 radical (unpaired) electrons. The van der Waals surface area contributed by atoms with Crippen LogP contribution in [0.2, 0.25) is 0 Å². The minimum Gasteiger partial charge on any atom is -0.309 e. The van der Waals surface area contributed by atoms with E-state index in [9.17, 15) is 0 Å². The van der Waals surface area contributed by atoms with Gasteiger partial charge in [0.05, 0.1) is 73.0 Å². The molecular formula is C126H90N12. The fraction of sp³-hybridized carbons (Fsp3) is 0.0714. The van der Waals surface area contributed by atoms with Gasteiger partial charge >= 0.3 is 0 Å². The summed E-state index contributed by atoms with van der Waals surface area (Å²) in [7, 11) is 0. The lowest BCUT2D eigenvalue weighted by Gasteiger charge is -2.24. The van der Waals surface area contributed by atoms with Crippen LogP contribution in [0.15, 0.2) is 437 Å². The van der Waals surface area contributed by atoms with Crippen molar-refractivity contribution in [2.24, 2.45) is 0 Å². The summed E-state index contributed by atoms with van der Waals surface area (Å²) in [4.78, 5) is 44.8. The summed E-state index contributed by atoms with van der Waals surface area (Å²) in [6.07, 6.45) is 9.16. The monoisotopic (exact) mass is 1770 g/mol. The maximum Gasteiger partial charge on any atom is 0.160 e. The Morgan fingerprint density at radius 2 is 0.486 bits per heavy atom. The van der Waals surface area contributed by atoms with Gasteiger partial charge in [-0.2, -0.15) is 0 Å². The molecule has 0 fully saturated rings. The molecule has 0 bridgehead atoms. The number of nitrogens with zero attached hydrogens (tertiary/aromatic N) is 12. The van der Waals surface area contributed by atoms with E-state index in [4.69, 9.17) is 29.9 Å². The number of pyridine rings is 3. The maximum atomic E-state index is 5.35. The van der Waals surface area contributed by atoms with Gasteiger partial charge in [-0.25, -0.2) is 29.9 Å². The van der Waals surface area contributed by atoms with Crippen molar-refractivity contribution in [3.63, 3.8) is 0 Å². The minimum absolute atomic E-state index is 0.240. The summed E-state index contributed by atoms with van der Waals surface area (Å²) in [5.41, 5.74) is 39.4. The van der Waals surface area contributed by atoms with E-state index in [-0.39, 0.29) is 16.2 Å². The van der Waals surface area contributed by atoms with E-state index < -0.39 is 0 Å². The van der Waals surface area contributed by atoms with E-state index in [2.05, 4.69) is 440 Å². The molecule has 9 aromatic heterocycles. The quantitative estimate of drug-likeness (QED) is 0.117. The molecule has 3 aliphatic rings. The van der Waals surface area contributed by atoms with Crippen molar-refractivity contribution >= 4 is 65.4 Å². The van der Waals surface area contributed by atoms with Crippen LogP contribution in [0.5, 0.6) is 0 Å². The lowest BCUT2D eigenvalue weighted by atomic mass is 9.81. The fourth-order valence-electron chi connectivity index (χ4n) is 21.8. The predicted molar refractivity (Wildman–Crippen MR) is 564 cm³/mol. The first-order chi connectivity index (χ1) is 67.7. The normalized spacial score (nSPS) is 13.2. The Kier molecular flexibility index (Phi) is 19.6. The van der Waals surface area contributed by atoms with Gasteiger partial charge in [-0.1, -0.05) is 339 Å². The molecule has 3 aliphatic carbocycles. The summed E-state index contributed by atoms with van der Waals surface area (Å²) in [5, 5.41) is 7.55. The molecule has 654 valence electrons. The van der Waals surface area contributed by atoms with Gasteiger partial charge in [0.15, 0.2) is 17.5 Å². The van der Waals surface area contributed by atoms with Crippen LogP contribution < -0.4 is 0 Å². The highest BCUT2D eigenvalue weighted by Gasteiger charge is 2.44. The average Bonchev–Trinajstić information content (AvgIpc) is 1.56. The average molecular weight is 1770 g/mol. The third-order valence-electron chi connectivity index (χ3n) is 28.5. The lowest BCUT2D eigenvalue weighted by molar-refractivity contribution is 0.657. The molecular weight excluding hydrogens is 1680 g/mol. The topological polar surface area (TPSA) is 131 Å². The summed E-state index contributed by atoms with van der Waals surface area (Å²) in [6.45, 7) is 13.7. The van der Waals surface area contributed by atoms with Crippen molar-refractivity contribution in [3.8, 4) is 152 Å². The van der Waals surface area contributed by atoms with Crippen LogP contribution in [0.4, 0.5) is 0 Å². The summed E-state index contributed by atoms with van der Waals surface area (Å²) in [6, 6.07) is 144. The minimum atomic E-state index is -0.249. The van der Waals surface area contributed by atoms with Crippen LogP contribution in [0.1, 0.15) is 74.9 Å². The molecule has 24 aromatic rings. The van der Waals surface area contributed by atoms with E-state index in [1.54, 1.807) is 6.20 Å². The molecule has 12 nitrogen and oxygen atoms in total. The van der Waals surface area contributed by atoms with Crippen molar-refractivity contribution < 1.29 is 0 Å². The Morgan fingerprint density at radius 3 is 0.833 bits per heavy atom. The number of fused-ring (bicyclic) bond motifs is 18. The van der Waals surface area contributed by atoms with Crippen LogP contribution in [-0.2, 0) is 16.2 Å². The molecule has 0 unspecified atom stereocenters. The second kappa shape index (κ2) is 32.9. The Balaban J connectivity index is 0.000000110.